The molecule has 0 aliphatic heterocycles. The highest BCUT2D eigenvalue weighted by Gasteiger charge is 2.26. The third-order valence-electron chi connectivity index (χ3n) is 3.32. The summed E-state index contributed by atoms with van der Waals surface area (Å²) in [4.78, 5) is 25.1. The molecule has 0 saturated carbocycles. The normalized spacial score (nSPS) is 10.7. The van der Waals surface area contributed by atoms with Gasteiger partial charge in [-0.1, -0.05) is 32.0 Å². The number of rotatable bonds is 7. The van der Waals surface area contributed by atoms with Crippen LogP contribution in [-0.2, 0) is 4.79 Å². The van der Waals surface area contributed by atoms with Gasteiger partial charge >= 0.3 is 5.97 Å². The number of nitrogens with zero attached hydrogens (tertiary/aromatic N) is 3. The lowest BCUT2D eigenvalue weighted by Crippen LogP contribution is -2.38. The maximum absolute atomic E-state index is 12.7. The van der Waals surface area contributed by atoms with Gasteiger partial charge in [0.1, 0.15) is 6.54 Å². The summed E-state index contributed by atoms with van der Waals surface area (Å²) in [5.41, 5.74) is 0.881. The second-order valence-corrected chi connectivity index (χ2v) is 5.80. The van der Waals surface area contributed by atoms with Crippen molar-refractivity contribution in [1.82, 2.24) is 14.7 Å². The van der Waals surface area contributed by atoms with E-state index in [0.29, 0.717) is 12.3 Å². The number of aliphatic carboxylic acids is 1. The summed E-state index contributed by atoms with van der Waals surface area (Å²) in [5.74, 6) is -1.08. The molecule has 7 nitrogen and oxygen atoms in total. The molecule has 0 saturated heterocycles. The summed E-state index contributed by atoms with van der Waals surface area (Å²) >= 11 is 0. The predicted molar refractivity (Wildman–Crippen MR) is 88.5 cm³/mol. The lowest BCUT2D eigenvalue weighted by atomic mass is 10.2. The molecule has 1 aromatic carbocycles. The van der Waals surface area contributed by atoms with Crippen molar-refractivity contribution in [2.24, 2.45) is 5.92 Å². The molecular weight excluding hydrogens is 310 g/mol. The van der Waals surface area contributed by atoms with Crippen molar-refractivity contribution in [3.8, 4) is 11.4 Å². The second-order valence-electron chi connectivity index (χ2n) is 5.80. The number of para-hydroxylation sites is 1. The van der Waals surface area contributed by atoms with Gasteiger partial charge in [0.15, 0.2) is 11.4 Å². The first-order valence-electron chi connectivity index (χ1n) is 7.62. The van der Waals surface area contributed by atoms with E-state index in [-0.39, 0.29) is 18.2 Å². The van der Waals surface area contributed by atoms with Gasteiger partial charge in [-0.15, -0.1) is 0 Å². The number of hydrogen-bond acceptors (Lipinski definition) is 4. The first kappa shape index (κ1) is 17.5. The Balaban J connectivity index is 2.36. The number of hydrogen-bond donors (Lipinski definition) is 1. The van der Waals surface area contributed by atoms with Gasteiger partial charge in [-0.2, -0.15) is 5.10 Å². The van der Waals surface area contributed by atoms with E-state index in [0.717, 1.165) is 5.69 Å². The van der Waals surface area contributed by atoms with Gasteiger partial charge in [0.25, 0.3) is 5.91 Å². The van der Waals surface area contributed by atoms with Gasteiger partial charge in [0, 0.05) is 6.54 Å². The van der Waals surface area contributed by atoms with Crippen LogP contribution >= 0.6 is 0 Å². The average molecular weight is 331 g/mol. The minimum absolute atomic E-state index is 0.100. The fourth-order valence-corrected chi connectivity index (χ4v) is 2.34. The lowest BCUT2D eigenvalue weighted by molar-refractivity contribution is -0.137. The fraction of sp³-hybridized carbons (Fsp3) is 0.353. The number of amides is 1. The molecule has 0 unspecified atom stereocenters. The Labute approximate surface area is 140 Å². The molecule has 0 atom stereocenters. The van der Waals surface area contributed by atoms with Gasteiger partial charge in [-0.05, 0) is 18.1 Å². The summed E-state index contributed by atoms with van der Waals surface area (Å²) in [5, 5.41) is 13.3. The SMILES string of the molecule is COc1cn(-c2ccccc2)nc1C(=O)N(CC(=O)O)CC(C)C. The van der Waals surface area contributed by atoms with Crippen molar-refractivity contribution in [1.29, 1.82) is 0 Å². The zero-order chi connectivity index (χ0) is 17.7. The summed E-state index contributed by atoms with van der Waals surface area (Å²) in [6.07, 6.45) is 1.61. The molecule has 7 heteroatoms. The number of methoxy groups -OCH3 is 1. The largest absolute Gasteiger partial charge is 0.493 e. The van der Waals surface area contributed by atoms with E-state index >= 15 is 0 Å². The maximum Gasteiger partial charge on any atom is 0.323 e. The molecular formula is C17H21N3O4. The first-order valence-corrected chi connectivity index (χ1v) is 7.62. The molecule has 0 radical (unpaired) electrons. The molecule has 0 aliphatic rings. The van der Waals surface area contributed by atoms with Crippen LogP contribution in [-0.4, -0.2) is 51.9 Å². The molecule has 128 valence electrons. The summed E-state index contributed by atoms with van der Waals surface area (Å²) in [7, 11) is 1.45. The number of aromatic nitrogens is 2. The van der Waals surface area contributed by atoms with Crippen molar-refractivity contribution in [2.45, 2.75) is 13.8 Å². The van der Waals surface area contributed by atoms with E-state index in [4.69, 9.17) is 9.84 Å². The molecule has 0 spiro atoms. The number of benzene rings is 1. The molecule has 0 fully saturated rings. The Kier molecular flexibility index (Phi) is 5.57. The maximum atomic E-state index is 12.7. The van der Waals surface area contributed by atoms with Crippen molar-refractivity contribution < 1.29 is 19.4 Å². The molecule has 2 aromatic rings. The Bertz CT molecular complexity index is 710. The zero-order valence-electron chi connectivity index (χ0n) is 14.0. The van der Waals surface area contributed by atoms with Crippen LogP contribution in [0, 0.1) is 5.92 Å². The molecule has 1 amide bonds. The predicted octanol–water partition coefficient (Wildman–Crippen LogP) is 2.06. The highest BCUT2D eigenvalue weighted by molar-refractivity contribution is 5.96. The molecule has 1 heterocycles. The van der Waals surface area contributed by atoms with Crippen LogP contribution in [0.25, 0.3) is 5.69 Å². The third kappa shape index (κ3) is 4.13. The van der Waals surface area contributed by atoms with E-state index in [1.54, 1.807) is 10.9 Å². The van der Waals surface area contributed by atoms with Crippen molar-refractivity contribution >= 4 is 11.9 Å². The highest BCUT2D eigenvalue weighted by Crippen LogP contribution is 2.21. The third-order valence-corrected chi connectivity index (χ3v) is 3.32. The highest BCUT2D eigenvalue weighted by atomic mass is 16.5. The molecule has 1 aromatic heterocycles. The monoisotopic (exact) mass is 331 g/mol. The smallest absolute Gasteiger partial charge is 0.323 e. The van der Waals surface area contributed by atoms with Crippen molar-refractivity contribution in [3.63, 3.8) is 0 Å². The van der Waals surface area contributed by atoms with Gasteiger partial charge in [-0.25, -0.2) is 4.68 Å². The molecule has 0 aliphatic carbocycles. The van der Waals surface area contributed by atoms with Gasteiger partial charge in [0.2, 0.25) is 0 Å². The van der Waals surface area contributed by atoms with Crippen LogP contribution in [0.2, 0.25) is 0 Å². The lowest BCUT2D eigenvalue weighted by Gasteiger charge is -2.22. The van der Waals surface area contributed by atoms with Crippen LogP contribution in [0.3, 0.4) is 0 Å². The number of carboxylic acids is 1. The van der Waals surface area contributed by atoms with Gasteiger partial charge in [0.05, 0.1) is 19.0 Å². The number of carbonyl (C=O) groups is 2. The number of ether oxygens (including phenoxy) is 1. The van der Waals surface area contributed by atoms with Crippen LogP contribution in [0.15, 0.2) is 36.5 Å². The topological polar surface area (TPSA) is 84.7 Å². The Morgan fingerprint density at radius 2 is 1.96 bits per heavy atom. The second kappa shape index (κ2) is 7.63. The quantitative estimate of drug-likeness (QED) is 0.839. The average Bonchev–Trinajstić information content (AvgIpc) is 2.97. The Hall–Kier alpha value is -2.83. The first-order chi connectivity index (χ1) is 11.4. The van der Waals surface area contributed by atoms with Crippen LogP contribution in [0.1, 0.15) is 24.3 Å². The molecule has 0 bridgehead atoms. The standard InChI is InChI=1S/C17H21N3O4/c1-12(2)9-19(11-15(21)22)17(23)16-14(24-3)10-20(18-16)13-7-5-4-6-8-13/h4-8,10,12H,9,11H2,1-3H3,(H,21,22). The number of carbonyl (C=O) groups excluding carboxylic acids is 1. The Morgan fingerprint density at radius 1 is 1.29 bits per heavy atom. The van der Waals surface area contributed by atoms with Crippen LogP contribution < -0.4 is 4.74 Å². The van der Waals surface area contributed by atoms with E-state index in [2.05, 4.69) is 5.10 Å². The Morgan fingerprint density at radius 3 is 2.50 bits per heavy atom. The fourth-order valence-electron chi connectivity index (χ4n) is 2.34. The molecule has 2 rings (SSSR count). The van der Waals surface area contributed by atoms with Crippen molar-refractivity contribution in [2.75, 3.05) is 20.2 Å². The van der Waals surface area contributed by atoms with E-state index in [1.165, 1.54) is 12.0 Å². The van der Waals surface area contributed by atoms with Gasteiger partial charge in [-0.3, -0.25) is 9.59 Å². The summed E-state index contributed by atoms with van der Waals surface area (Å²) in [6.45, 7) is 3.79. The van der Waals surface area contributed by atoms with Crippen molar-refractivity contribution in [3.05, 3.63) is 42.2 Å². The molecule has 24 heavy (non-hydrogen) atoms. The summed E-state index contributed by atoms with van der Waals surface area (Å²) in [6, 6.07) is 9.31. The van der Waals surface area contributed by atoms with Gasteiger partial charge < -0.3 is 14.7 Å². The van der Waals surface area contributed by atoms with E-state index < -0.39 is 11.9 Å². The van der Waals surface area contributed by atoms with Crippen LogP contribution in [0.5, 0.6) is 5.75 Å². The number of carboxylic acid groups (broad SMARTS) is 1. The minimum atomic E-state index is -1.06. The minimum Gasteiger partial charge on any atom is -0.493 e. The zero-order valence-corrected chi connectivity index (χ0v) is 14.0. The van der Waals surface area contributed by atoms with E-state index in [9.17, 15) is 9.59 Å². The summed E-state index contributed by atoms with van der Waals surface area (Å²) < 4.78 is 6.79. The molecule has 1 N–H and O–H groups in total. The van der Waals surface area contributed by atoms with E-state index in [1.807, 2.05) is 44.2 Å². The van der Waals surface area contributed by atoms with Crippen LogP contribution in [0.4, 0.5) is 0 Å².